The average Bonchev–Trinajstić information content (AvgIpc) is 3.15. The number of aromatic nitrogens is 2. The molecule has 3 atom stereocenters. The molecule has 7 heteroatoms. The fraction of sp³-hybridized carbons (Fsp3) is 0.789. The number of fused-ring (bicyclic) bond motifs is 3. The number of hydrogen-bond donors (Lipinski definition) is 2. The molecule has 1 unspecified atom stereocenters. The minimum absolute atomic E-state index is 0.0229. The van der Waals surface area contributed by atoms with Crippen molar-refractivity contribution >= 4 is 5.91 Å². The fourth-order valence-corrected chi connectivity index (χ4v) is 4.87. The van der Waals surface area contributed by atoms with E-state index in [1.807, 2.05) is 10.8 Å². The molecule has 144 valence electrons. The van der Waals surface area contributed by atoms with E-state index in [-0.39, 0.29) is 17.9 Å². The smallest absolute Gasteiger partial charge is 0.226 e. The minimum atomic E-state index is -0.793. The summed E-state index contributed by atoms with van der Waals surface area (Å²) in [6.45, 7) is 6.67. The Bertz CT molecular complexity index is 640. The molecule has 2 bridgehead atoms. The lowest BCUT2D eigenvalue weighted by atomic mass is 9.75. The summed E-state index contributed by atoms with van der Waals surface area (Å²) in [5.41, 5.74) is -0.793. The van der Waals surface area contributed by atoms with E-state index in [2.05, 4.69) is 22.1 Å². The van der Waals surface area contributed by atoms with Crippen molar-refractivity contribution in [2.24, 2.45) is 11.8 Å². The van der Waals surface area contributed by atoms with Gasteiger partial charge in [0, 0.05) is 38.6 Å². The minimum Gasteiger partial charge on any atom is -0.386 e. The molecule has 7 nitrogen and oxygen atoms in total. The Morgan fingerprint density at radius 3 is 2.92 bits per heavy atom. The monoisotopic (exact) mass is 362 g/mol. The van der Waals surface area contributed by atoms with Crippen molar-refractivity contribution in [3.8, 4) is 0 Å². The standard InChI is InChI=1S/C19H30N4O3/c1-2-23-10-7-20-17(23)16-15(4-3-11-26-16)18(24)21-12-19(25)13-22-8-5-14(19)6-9-22/h7,10,14-16,25H,2-6,8-9,11-13H2,1H3,(H,21,24)/t15-,16-,19?/m1/s1. The second-order valence-electron chi connectivity index (χ2n) is 7.98. The maximum atomic E-state index is 12.9. The van der Waals surface area contributed by atoms with Crippen LogP contribution in [0, 0.1) is 11.8 Å². The summed E-state index contributed by atoms with van der Waals surface area (Å²) in [7, 11) is 0. The van der Waals surface area contributed by atoms with Crippen molar-refractivity contribution in [2.45, 2.75) is 50.9 Å². The van der Waals surface area contributed by atoms with Crippen LogP contribution >= 0.6 is 0 Å². The predicted molar refractivity (Wildman–Crippen MR) is 96.4 cm³/mol. The third-order valence-electron chi connectivity index (χ3n) is 6.42. The number of carbonyl (C=O) groups is 1. The van der Waals surface area contributed by atoms with Gasteiger partial charge in [-0.2, -0.15) is 0 Å². The Labute approximate surface area is 154 Å². The SMILES string of the molecule is CCn1ccnc1[C@@H]1OCCC[C@H]1C(=O)NCC1(O)CN2CCC1CC2. The Morgan fingerprint density at radius 2 is 2.23 bits per heavy atom. The van der Waals surface area contributed by atoms with Crippen LogP contribution in [0.15, 0.2) is 12.4 Å². The molecule has 5 heterocycles. The zero-order valence-corrected chi connectivity index (χ0v) is 15.6. The quantitative estimate of drug-likeness (QED) is 0.815. The third-order valence-corrected chi connectivity index (χ3v) is 6.42. The highest BCUT2D eigenvalue weighted by atomic mass is 16.5. The molecule has 0 spiro atoms. The third kappa shape index (κ3) is 3.28. The Morgan fingerprint density at radius 1 is 1.42 bits per heavy atom. The molecule has 0 aliphatic carbocycles. The van der Waals surface area contributed by atoms with Crippen LogP contribution in [0.25, 0.3) is 0 Å². The number of ether oxygens (including phenoxy) is 1. The van der Waals surface area contributed by atoms with E-state index in [1.165, 1.54) is 0 Å². The summed E-state index contributed by atoms with van der Waals surface area (Å²) >= 11 is 0. The first-order valence-corrected chi connectivity index (χ1v) is 9.96. The van der Waals surface area contributed by atoms with Gasteiger partial charge < -0.3 is 24.6 Å². The molecule has 1 amide bonds. The zero-order valence-electron chi connectivity index (χ0n) is 15.6. The summed E-state index contributed by atoms with van der Waals surface area (Å²) in [6.07, 6.45) is 7.11. The number of carbonyl (C=O) groups excluding carboxylic acids is 1. The van der Waals surface area contributed by atoms with Crippen LogP contribution in [0.3, 0.4) is 0 Å². The Hall–Kier alpha value is -1.44. The van der Waals surface area contributed by atoms with Gasteiger partial charge in [0.1, 0.15) is 11.9 Å². The fourth-order valence-electron chi connectivity index (χ4n) is 4.87. The van der Waals surface area contributed by atoms with Gasteiger partial charge in [0.25, 0.3) is 0 Å². The number of imidazole rings is 1. The molecule has 4 fully saturated rings. The Kier molecular flexibility index (Phi) is 5.03. The van der Waals surface area contributed by atoms with E-state index in [0.717, 1.165) is 51.1 Å². The highest BCUT2D eigenvalue weighted by Gasteiger charge is 2.46. The van der Waals surface area contributed by atoms with Gasteiger partial charge in [0.2, 0.25) is 5.91 Å². The van der Waals surface area contributed by atoms with Gasteiger partial charge in [0.15, 0.2) is 0 Å². The van der Waals surface area contributed by atoms with Crippen LogP contribution in [-0.2, 0) is 16.1 Å². The van der Waals surface area contributed by atoms with Gasteiger partial charge in [-0.05, 0) is 51.6 Å². The van der Waals surface area contributed by atoms with Crippen LogP contribution in [0.2, 0.25) is 0 Å². The number of rotatable bonds is 5. The number of nitrogens with zero attached hydrogens (tertiary/aromatic N) is 3. The number of piperidine rings is 3. The van der Waals surface area contributed by atoms with Crippen molar-refractivity contribution in [3.63, 3.8) is 0 Å². The van der Waals surface area contributed by atoms with Gasteiger partial charge >= 0.3 is 0 Å². The van der Waals surface area contributed by atoms with Crippen molar-refractivity contribution in [2.75, 3.05) is 32.8 Å². The van der Waals surface area contributed by atoms with Crippen LogP contribution < -0.4 is 5.32 Å². The van der Waals surface area contributed by atoms with E-state index in [4.69, 9.17) is 4.74 Å². The molecule has 4 aliphatic rings. The zero-order chi connectivity index (χ0) is 18.1. The van der Waals surface area contributed by atoms with Crippen molar-refractivity contribution in [3.05, 3.63) is 18.2 Å². The van der Waals surface area contributed by atoms with Gasteiger partial charge in [0.05, 0.1) is 11.5 Å². The van der Waals surface area contributed by atoms with E-state index < -0.39 is 5.60 Å². The molecule has 0 saturated carbocycles. The molecule has 1 aromatic heterocycles. The van der Waals surface area contributed by atoms with Gasteiger partial charge in [-0.25, -0.2) is 4.98 Å². The molecular weight excluding hydrogens is 332 g/mol. The second kappa shape index (κ2) is 7.29. The lowest BCUT2D eigenvalue weighted by Gasteiger charge is -2.50. The van der Waals surface area contributed by atoms with Gasteiger partial charge in [-0.15, -0.1) is 0 Å². The topological polar surface area (TPSA) is 79.6 Å². The maximum Gasteiger partial charge on any atom is 0.226 e. The Balaban J connectivity index is 1.43. The number of hydrogen-bond acceptors (Lipinski definition) is 5. The number of amides is 1. The van der Waals surface area contributed by atoms with E-state index in [0.29, 0.717) is 25.6 Å². The molecule has 0 radical (unpaired) electrons. The molecule has 4 aliphatic heterocycles. The summed E-state index contributed by atoms with van der Waals surface area (Å²) < 4.78 is 7.99. The van der Waals surface area contributed by atoms with E-state index in [9.17, 15) is 9.90 Å². The summed E-state index contributed by atoms with van der Waals surface area (Å²) in [6, 6.07) is 0. The van der Waals surface area contributed by atoms with E-state index in [1.54, 1.807) is 6.20 Å². The molecule has 1 aromatic rings. The highest BCUT2D eigenvalue weighted by molar-refractivity contribution is 5.79. The average molecular weight is 362 g/mol. The molecule has 26 heavy (non-hydrogen) atoms. The molecule has 5 rings (SSSR count). The molecule has 2 N–H and O–H groups in total. The normalized spacial score (nSPS) is 36.8. The lowest BCUT2D eigenvalue weighted by Crippen LogP contribution is -2.63. The number of nitrogens with one attached hydrogen (secondary N) is 1. The summed E-state index contributed by atoms with van der Waals surface area (Å²) in [5, 5.41) is 14.1. The van der Waals surface area contributed by atoms with Crippen LogP contribution in [0.5, 0.6) is 0 Å². The van der Waals surface area contributed by atoms with Crippen LogP contribution in [-0.4, -0.2) is 63.9 Å². The maximum absolute atomic E-state index is 12.9. The van der Waals surface area contributed by atoms with Crippen molar-refractivity contribution < 1.29 is 14.6 Å². The molecular formula is C19H30N4O3. The predicted octanol–water partition coefficient (Wildman–Crippen LogP) is 0.944. The van der Waals surface area contributed by atoms with E-state index >= 15 is 0 Å². The number of aliphatic hydroxyl groups is 1. The summed E-state index contributed by atoms with van der Waals surface area (Å²) in [4.78, 5) is 19.7. The number of aryl methyl sites for hydroxylation is 1. The van der Waals surface area contributed by atoms with Crippen molar-refractivity contribution in [1.82, 2.24) is 19.8 Å². The van der Waals surface area contributed by atoms with Gasteiger partial charge in [-0.3, -0.25) is 4.79 Å². The first-order valence-electron chi connectivity index (χ1n) is 9.96. The van der Waals surface area contributed by atoms with Gasteiger partial charge in [-0.1, -0.05) is 0 Å². The summed E-state index contributed by atoms with van der Waals surface area (Å²) in [5.74, 6) is 0.852. The highest BCUT2D eigenvalue weighted by Crippen LogP contribution is 2.36. The van der Waals surface area contributed by atoms with Crippen molar-refractivity contribution in [1.29, 1.82) is 0 Å². The molecule has 0 aromatic carbocycles. The van der Waals surface area contributed by atoms with Crippen LogP contribution in [0.4, 0.5) is 0 Å². The van der Waals surface area contributed by atoms with Crippen LogP contribution in [0.1, 0.15) is 44.5 Å². The second-order valence-corrected chi connectivity index (χ2v) is 7.98. The first-order chi connectivity index (χ1) is 12.6. The first kappa shape index (κ1) is 17.9. The lowest BCUT2D eigenvalue weighted by molar-refractivity contribution is -0.141. The largest absolute Gasteiger partial charge is 0.386 e. The molecule has 4 saturated heterocycles.